The van der Waals surface area contributed by atoms with Gasteiger partial charge < -0.3 is 15.0 Å². The molecular formula is C24H29N5O. The minimum atomic E-state index is 0.526. The molecule has 2 heterocycles. The highest BCUT2D eigenvalue weighted by atomic mass is 16.5. The van der Waals surface area contributed by atoms with Crippen molar-refractivity contribution < 1.29 is 4.74 Å². The van der Waals surface area contributed by atoms with Gasteiger partial charge in [-0.1, -0.05) is 30.3 Å². The van der Waals surface area contributed by atoms with E-state index in [2.05, 4.69) is 50.8 Å². The van der Waals surface area contributed by atoms with Crippen molar-refractivity contribution in [2.24, 2.45) is 4.99 Å². The van der Waals surface area contributed by atoms with Crippen molar-refractivity contribution in [2.75, 3.05) is 33.8 Å². The lowest BCUT2D eigenvalue weighted by molar-refractivity contribution is 0.414. The summed E-state index contributed by atoms with van der Waals surface area (Å²) in [6.07, 6.45) is 6.07. The smallest absolute Gasteiger partial charge is 0.193 e. The molecule has 156 valence electrons. The Hall–Kier alpha value is -3.28. The van der Waals surface area contributed by atoms with Crippen LogP contribution in [0.25, 0.3) is 5.69 Å². The van der Waals surface area contributed by atoms with E-state index in [-0.39, 0.29) is 0 Å². The van der Waals surface area contributed by atoms with Gasteiger partial charge in [0.25, 0.3) is 0 Å². The summed E-state index contributed by atoms with van der Waals surface area (Å²) in [6, 6.07) is 18.6. The third-order valence-electron chi connectivity index (χ3n) is 5.64. The van der Waals surface area contributed by atoms with Crippen molar-refractivity contribution in [3.8, 4) is 11.4 Å². The molecule has 1 aliphatic rings. The molecule has 30 heavy (non-hydrogen) atoms. The van der Waals surface area contributed by atoms with Gasteiger partial charge >= 0.3 is 0 Å². The summed E-state index contributed by atoms with van der Waals surface area (Å²) < 4.78 is 7.19. The number of likely N-dealkylation sites (tertiary alicyclic amines) is 1. The number of hydrogen-bond donors (Lipinski definition) is 1. The van der Waals surface area contributed by atoms with Crippen LogP contribution in [-0.4, -0.2) is 54.4 Å². The Morgan fingerprint density at radius 1 is 1.17 bits per heavy atom. The second-order valence-corrected chi connectivity index (χ2v) is 7.56. The first kappa shape index (κ1) is 20.0. The van der Waals surface area contributed by atoms with E-state index in [1.807, 2.05) is 48.3 Å². The molecular weight excluding hydrogens is 374 g/mol. The van der Waals surface area contributed by atoms with Crippen LogP contribution in [-0.2, 0) is 6.42 Å². The van der Waals surface area contributed by atoms with Gasteiger partial charge in [0.1, 0.15) is 5.75 Å². The Bertz CT molecular complexity index is 965. The van der Waals surface area contributed by atoms with Crippen LogP contribution in [0.5, 0.6) is 5.75 Å². The molecule has 6 heteroatoms. The summed E-state index contributed by atoms with van der Waals surface area (Å²) in [6.45, 7) is 2.83. The molecule has 0 saturated carbocycles. The lowest BCUT2D eigenvalue weighted by Gasteiger charge is -2.21. The number of aliphatic imine (C=N–C) groups is 1. The average Bonchev–Trinajstić information content (AvgIpc) is 3.48. The number of nitrogens with one attached hydrogen (secondary N) is 1. The van der Waals surface area contributed by atoms with Crippen LogP contribution in [0.4, 0.5) is 0 Å². The molecule has 2 aromatic carbocycles. The minimum absolute atomic E-state index is 0.526. The highest BCUT2D eigenvalue weighted by molar-refractivity contribution is 5.80. The molecule has 0 radical (unpaired) electrons. The van der Waals surface area contributed by atoms with Gasteiger partial charge in [-0.25, -0.2) is 4.68 Å². The highest BCUT2D eigenvalue weighted by Gasteiger charge is 2.26. The maximum absolute atomic E-state index is 5.27. The summed E-state index contributed by atoms with van der Waals surface area (Å²) in [4.78, 5) is 6.85. The predicted molar refractivity (Wildman–Crippen MR) is 121 cm³/mol. The van der Waals surface area contributed by atoms with E-state index in [1.54, 1.807) is 7.11 Å². The molecule has 4 rings (SSSR count). The van der Waals surface area contributed by atoms with Crippen molar-refractivity contribution in [3.63, 3.8) is 0 Å². The molecule has 1 aromatic heterocycles. The van der Waals surface area contributed by atoms with Crippen molar-refractivity contribution in [3.05, 3.63) is 78.1 Å². The van der Waals surface area contributed by atoms with Crippen LogP contribution in [0.2, 0.25) is 0 Å². The third kappa shape index (κ3) is 4.64. The van der Waals surface area contributed by atoms with E-state index in [0.29, 0.717) is 5.92 Å². The molecule has 1 unspecified atom stereocenters. The standard InChI is InChI=1S/C24H29N5O/c1-25-24(28-15-13-21(18-28)20-8-10-23(30-2)11-9-20)26-14-12-19-16-27-29(17-19)22-6-4-3-5-7-22/h3-11,16-17,21H,12-15,18H2,1-2H3,(H,25,26). The van der Waals surface area contributed by atoms with E-state index in [4.69, 9.17) is 4.74 Å². The zero-order valence-corrected chi connectivity index (χ0v) is 17.7. The van der Waals surface area contributed by atoms with Crippen LogP contribution in [0.3, 0.4) is 0 Å². The first-order chi connectivity index (χ1) is 14.8. The third-order valence-corrected chi connectivity index (χ3v) is 5.64. The van der Waals surface area contributed by atoms with Crippen LogP contribution in [0, 0.1) is 0 Å². The van der Waals surface area contributed by atoms with E-state index in [9.17, 15) is 0 Å². The van der Waals surface area contributed by atoms with Gasteiger partial charge in [0, 0.05) is 38.8 Å². The Morgan fingerprint density at radius 3 is 2.70 bits per heavy atom. The Labute approximate surface area is 178 Å². The monoisotopic (exact) mass is 403 g/mol. The van der Waals surface area contributed by atoms with E-state index in [1.165, 1.54) is 11.1 Å². The summed E-state index contributed by atoms with van der Waals surface area (Å²) >= 11 is 0. The number of nitrogens with zero attached hydrogens (tertiary/aromatic N) is 4. The zero-order chi connectivity index (χ0) is 20.8. The molecule has 0 bridgehead atoms. The van der Waals surface area contributed by atoms with Gasteiger partial charge in [0.2, 0.25) is 0 Å². The van der Waals surface area contributed by atoms with Crippen molar-refractivity contribution in [1.29, 1.82) is 0 Å². The van der Waals surface area contributed by atoms with Gasteiger partial charge in [-0.2, -0.15) is 5.10 Å². The number of rotatable bonds is 6. The quantitative estimate of drug-likeness (QED) is 0.506. The molecule has 0 aliphatic carbocycles. The number of aromatic nitrogens is 2. The van der Waals surface area contributed by atoms with Gasteiger partial charge in [-0.3, -0.25) is 4.99 Å². The lowest BCUT2D eigenvalue weighted by atomic mass is 9.98. The van der Waals surface area contributed by atoms with Crippen LogP contribution in [0.15, 0.2) is 72.0 Å². The van der Waals surface area contributed by atoms with E-state index >= 15 is 0 Å². The fraction of sp³-hybridized carbons (Fsp3) is 0.333. The summed E-state index contributed by atoms with van der Waals surface area (Å²) in [5.74, 6) is 2.40. The number of hydrogen-bond acceptors (Lipinski definition) is 3. The number of benzene rings is 2. The normalized spacial score (nSPS) is 16.7. The average molecular weight is 404 g/mol. The number of guanidine groups is 1. The van der Waals surface area contributed by atoms with E-state index < -0.39 is 0 Å². The minimum Gasteiger partial charge on any atom is -0.497 e. The first-order valence-corrected chi connectivity index (χ1v) is 10.5. The molecule has 1 fully saturated rings. The van der Waals surface area contributed by atoms with Gasteiger partial charge in [0.05, 0.1) is 19.0 Å². The van der Waals surface area contributed by atoms with Crippen molar-refractivity contribution >= 4 is 5.96 Å². The fourth-order valence-electron chi connectivity index (χ4n) is 3.96. The van der Waals surface area contributed by atoms with Gasteiger partial charge in [-0.05, 0) is 48.2 Å². The molecule has 0 spiro atoms. The lowest BCUT2D eigenvalue weighted by Crippen LogP contribution is -2.40. The Balaban J connectivity index is 1.28. The topological polar surface area (TPSA) is 54.7 Å². The predicted octanol–water partition coefficient (Wildman–Crippen LogP) is 3.49. The Morgan fingerprint density at radius 2 is 1.97 bits per heavy atom. The van der Waals surface area contributed by atoms with E-state index in [0.717, 1.165) is 49.9 Å². The van der Waals surface area contributed by atoms with Gasteiger partial charge in [0.15, 0.2) is 5.96 Å². The second-order valence-electron chi connectivity index (χ2n) is 7.56. The second kappa shape index (κ2) is 9.48. The van der Waals surface area contributed by atoms with Crippen molar-refractivity contribution in [1.82, 2.24) is 20.0 Å². The molecule has 6 nitrogen and oxygen atoms in total. The molecule has 1 saturated heterocycles. The number of methoxy groups -OCH3 is 1. The molecule has 1 atom stereocenters. The highest BCUT2D eigenvalue weighted by Crippen LogP contribution is 2.28. The van der Waals surface area contributed by atoms with Crippen LogP contribution >= 0.6 is 0 Å². The van der Waals surface area contributed by atoms with Crippen LogP contribution in [0.1, 0.15) is 23.5 Å². The molecule has 1 aliphatic heterocycles. The fourth-order valence-corrected chi connectivity index (χ4v) is 3.96. The molecule has 3 aromatic rings. The van der Waals surface area contributed by atoms with Crippen LogP contribution < -0.4 is 10.1 Å². The summed E-state index contributed by atoms with van der Waals surface area (Å²) in [7, 11) is 3.56. The largest absolute Gasteiger partial charge is 0.497 e. The summed E-state index contributed by atoms with van der Waals surface area (Å²) in [5.41, 5.74) is 3.65. The Kier molecular flexibility index (Phi) is 6.32. The first-order valence-electron chi connectivity index (χ1n) is 10.5. The number of para-hydroxylation sites is 1. The van der Waals surface area contributed by atoms with Crippen molar-refractivity contribution in [2.45, 2.75) is 18.8 Å². The molecule has 0 amide bonds. The maximum atomic E-state index is 5.27. The van der Waals surface area contributed by atoms with Gasteiger partial charge in [-0.15, -0.1) is 0 Å². The number of ether oxygens (including phenoxy) is 1. The maximum Gasteiger partial charge on any atom is 0.193 e. The SMILES string of the molecule is CN=C(NCCc1cnn(-c2ccccc2)c1)N1CCC(c2ccc(OC)cc2)C1. The summed E-state index contributed by atoms with van der Waals surface area (Å²) in [5, 5.41) is 7.99. The molecule has 1 N–H and O–H groups in total. The zero-order valence-electron chi connectivity index (χ0n) is 17.7.